The summed E-state index contributed by atoms with van der Waals surface area (Å²) in [6.07, 6.45) is 0.780. The van der Waals surface area contributed by atoms with Gasteiger partial charge in [0.1, 0.15) is 0 Å². The predicted molar refractivity (Wildman–Crippen MR) is 84.4 cm³/mol. The van der Waals surface area contributed by atoms with Crippen molar-refractivity contribution < 1.29 is 4.79 Å². The molecule has 1 amide bonds. The Hall–Kier alpha value is -1.74. The SMILES string of the molecule is Cc1ccc(CC2Sc3ccccc3N(C)C2=O)cc1. The third kappa shape index (κ3) is 2.46. The summed E-state index contributed by atoms with van der Waals surface area (Å²) in [5.74, 6) is 0.189. The molecule has 0 saturated heterocycles. The zero-order valence-corrected chi connectivity index (χ0v) is 12.5. The summed E-state index contributed by atoms with van der Waals surface area (Å²) in [6.45, 7) is 2.08. The second-order valence-corrected chi connectivity index (χ2v) is 6.41. The molecule has 0 spiro atoms. The van der Waals surface area contributed by atoms with Crippen LogP contribution in [0.5, 0.6) is 0 Å². The molecule has 0 fully saturated rings. The molecule has 0 saturated carbocycles. The molecule has 2 nitrogen and oxygen atoms in total. The summed E-state index contributed by atoms with van der Waals surface area (Å²) in [7, 11) is 1.86. The summed E-state index contributed by atoms with van der Waals surface area (Å²) < 4.78 is 0. The van der Waals surface area contributed by atoms with Gasteiger partial charge in [-0.25, -0.2) is 0 Å². The maximum absolute atomic E-state index is 12.5. The maximum atomic E-state index is 12.5. The van der Waals surface area contributed by atoms with Gasteiger partial charge in [-0.2, -0.15) is 0 Å². The fraction of sp³-hybridized carbons (Fsp3) is 0.235. The highest BCUT2D eigenvalue weighted by Gasteiger charge is 2.31. The molecule has 0 bridgehead atoms. The molecular weight excluding hydrogens is 266 g/mol. The van der Waals surface area contributed by atoms with Crippen LogP contribution in [0.25, 0.3) is 0 Å². The number of rotatable bonds is 2. The topological polar surface area (TPSA) is 20.3 Å². The van der Waals surface area contributed by atoms with E-state index in [0.29, 0.717) is 0 Å². The number of carbonyl (C=O) groups excluding carboxylic acids is 1. The number of anilines is 1. The number of amides is 1. The van der Waals surface area contributed by atoms with Gasteiger partial charge in [-0.3, -0.25) is 4.79 Å². The number of hydrogen-bond acceptors (Lipinski definition) is 2. The lowest BCUT2D eigenvalue weighted by atomic mass is 10.1. The standard InChI is InChI=1S/C17H17NOS/c1-12-7-9-13(10-8-12)11-16-17(19)18(2)14-5-3-4-6-15(14)20-16/h3-10,16H,11H2,1-2H3. The fourth-order valence-corrected chi connectivity index (χ4v) is 3.76. The predicted octanol–water partition coefficient (Wildman–Crippen LogP) is 3.67. The molecule has 0 aliphatic carbocycles. The number of para-hydroxylation sites is 1. The van der Waals surface area contributed by atoms with Gasteiger partial charge >= 0.3 is 0 Å². The Morgan fingerprint density at radius 1 is 1.10 bits per heavy atom. The van der Waals surface area contributed by atoms with Crippen molar-refractivity contribution in [2.24, 2.45) is 0 Å². The van der Waals surface area contributed by atoms with Crippen molar-refractivity contribution in [1.29, 1.82) is 0 Å². The quantitative estimate of drug-likeness (QED) is 0.838. The van der Waals surface area contributed by atoms with Crippen molar-refractivity contribution in [3.8, 4) is 0 Å². The zero-order valence-electron chi connectivity index (χ0n) is 11.7. The highest BCUT2D eigenvalue weighted by atomic mass is 32.2. The number of hydrogen-bond donors (Lipinski definition) is 0. The van der Waals surface area contributed by atoms with Crippen molar-refractivity contribution >= 4 is 23.4 Å². The van der Waals surface area contributed by atoms with E-state index in [1.54, 1.807) is 16.7 Å². The molecule has 0 N–H and O–H groups in total. The first-order chi connectivity index (χ1) is 9.65. The van der Waals surface area contributed by atoms with Gasteiger partial charge in [-0.1, -0.05) is 42.0 Å². The third-order valence-corrected chi connectivity index (χ3v) is 4.90. The lowest BCUT2D eigenvalue weighted by molar-refractivity contribution is -0.117. The van der Waals surface area contributed by atoms with Crippen LogP contribution in [-0.4, -0.2) is 18.2 Å². The highest BCUT2D eigenvalue weighted by molar-refractivity contribution is 8.01. The minimum absolute atomic E-state index is 0.0300. The Labute approximate surface area is 123 Å². The molecular formula is C17H17NOS. The maximum Gasteiger partial charge on any atom is 0.240 e. The van der Waals surface area contributed by atoms with Crippen molar-refractivity contribution in [3.63, 3.8) is 0 Å². The van der Waals surface area contributed by atoms with E-state index in [9.17, 15) is 4.79 Å². The van der Waals surface area contributed by atoms with E-state index >= 15 is 0 Å². The monoisotopic (exact) mass is 283 g/mol. The van der Waals surface area contributed by atoms with Gasteiger partial charge in [0, 0.05) is 11.9 Å². The van der Waals surface area contributed by atoms with E-state index in [4.69, 9.17) is 0 Å². The first kappa shape index (κ1) is 13.3. The molecule has 20 heavy (non-hydrogen) atoms. The number of thioether (sulfide) groups is 1. The normalized spacial score (nSPS) is 18.0. The molecule has 3 rings (SSSR count). The number of aryl methyl sites for hydroxylation is 1. The van der Waals surface area contributed by atoms with Gasteiger partial charge in [0.2, 0.25) is 5.91 Å². The number of fused-ring (bicyclic) bond motifs is 1. The van der Waals surface area contributed by atoms with E-state index in [1.807, 2.05) is 25.2 Å². The van der Waals surface area contributed by atoms with Crippen LogP contribution in [0.4, 0.5) is 5.69 Å². The first-order valence-corrected chi connectivity index (χ1v) is 7.62. The van der Waals surface area contributed by atoms with Crippen molar-refractivity contribution in [2.75, 3.05) is 11.9 Å². The molecule has 2 aromatic carbocycles. The van der Waals surface area contributed by atoms with Gasteiger partial charge in [0.15, 0.2) is 0 Å². The Balaban J connectivity index is 1.85. The van der Waals surface area contributed by atoms with E-state index in [1.165, 1.54) is 16.0 Å². The molecule has 2 aromatic rings. The number of benzene rings is 2. The zero-order chi connectivity index (χ0) is 14.1. The van der Waals surface area contributed by atoms with E-state index < -0.39 is 0 Å². The summed E-state index contributed by atoms with van der Waals surface area (Å²) in [5, 5.41) is -0.0300. The first-order valence-electron chi connectivity index (χ1n) is 6.74. The highest BCUT2D eigenvalue weighted by Crippen LogP contribution is 2.39. The van der Waals surface area contributed by atoms with E-state index in [2.05, 4.69) is 37.3 Å². The number of nitrogens with zero attached hydrogens (tertiary/aromatic N) is 1. The smallest absolute Gasteiger partial charge is 0.240 e. The molecule has 102 valence electrons. The van der Waals surface area contributed by atoms with Crippen molar-refractivity contribution in [1.82, 2.24) is 0 Å². The van der Waals surface area contributed by atoms with Crippen LogP contribution < -0.4 is 4.90 Å². The molecule has 1 atom stereocenters. The average Bonchev–Trinajstić information content (AvgIpc) is 2.47. The van der Waals surface area contributed by atoms with Gasteiger partial charge in [0.25, 0.3) is 0 Å². The molecule has 1 aliphatic rings. The minimum Gasteiger partial charge on any atom is -0.313 e. The van der Waals surface area contributed by atoms with Gasteiger partial charge in [-0.05, 0) is 31.0 Å². The van der Waals surface area contributed by atoms with Crippen LogP contribution in [0.1, 0.15) is 11.1 Å². The Morgan fingerprint density at radius 3 is 2.55 bits per heavy atom. The Kier molecular flexibility index (Phi) is 3.53. The van der Waals surface area contributed by atoms with Gasteiger partial charge in [-0.15, -0.1) is 11.8 Å². The summed E-state index contributed by atoms with van der Waals surface area (Å²) in [4.78, 5) is 15.4. The largest absolute Gasteiger partial charge is 0.313 e. The van der Waals surface area contributed by atoms with Gasteiger partial charge in [0.05, 0.1) is 10.9 Å². The van der Waals surface area contributed by atoms with Crippen molar-refractivity contribution in [3.05, 3.63) is 59.7 Å². The van der Waals surface area contributed by atoms with Crippen LogP contribution >= 0.6 is 11.8 Å². The molecule has 1 unspecified atom stereocenters. The summed E-state index contributed by atoms with van der Waals surface area (Å²) in [5.41, 5.74) is 3.48. The average molecular weight is 283 g/mol. The van der Waals surface area contributed by atoms with Crippen LogP contribution in [0.2, 0.25) is 0 Å². The molecule has 0 radical (unpaired) electrons. The second-order valence-electron chi connectivity index (χ2n) is 5.16. The molecule has 0 aromatic heterocycles. The third-order valence-electron chi connectivity index (χ3n) is 3.64. The fourth-order valence-electron chi connectivity index (χ4n) is 2.44. The Morgan fingerprint density at radius 2 is 1.80 bits per heavy atom. The lowest BCUT2D eigenvalue weighted by Gasteiger charge is -2.31. The van der Waals surface area contributed by atoms with Crippen molar-refractivity contribution in [2.45, 2.75) is 23.5 Å². The summed E-state index contributed by atoms with van der Waals surface area (Å²) >= 11 is 1.68. The number of carbonyl (C=O) groups is 1. The van der Waals surface area contributed by atoms with Crippen LogP contribution in [0, 0.1) is 6.92 Å². The Bertz CT molecular complexity index is 636. The second kappa shape index (κ2) is 5.33. The van der Waals surface area contributed by atoms with E-state index in [0.717, 1.165) is 12.1 Å². The lowest BCUT2D eigenvalue weighted by Crippen LogP contribution is -2.39. The van der Waals surface area contributed by atoms with E-state index in [-0.39, 0.29) is 11.2 Å². The molecule has 3 heteroatoms. The molecule has 1 aliphatic heterocycles. The van der Waals surface area contributed by atoms with Crippen LogP contribution in [-0.2, 0) is 11.2 Å². The van der Waals surface area contributed by atoms with Gasteiger partial charge < -0.3 is 4.90 Å². The minimum atomic E-state index is -0.0300. The summed E-state index contributed by atoms with van der Waals surface area (Å²) in [6, 6.07) is 16.5. The molecule has 1 heterocycles. The van der Waals surface area contributed by atoms with Crippen LogP contribution in [0.15, 0.2) is 53.4 Å². The van der Waals surface area contributed by atoms with Crippen LogP contribution in [0.3, 0.4) is 0 Å².